The Morgan fingerprint density at radius 2 is 1.03 bits per heavy atom. The average Bonchev–Trinajstić information content (AvgIpc) is 2.79. The molecule has 0 saturated heterocycles. The first-order valence-corrected chi connectivity index (χ1v) is 12.4. The normalized spacial score (nSPS) is 12.9. The Morgan fingerprint density at radius 3 is 1.38 bits per heavy atom. The average molecular weight is 481 g/mol. The van der Waals surface area contributed by atoms with Crippen LogP contribution in [0, 0.1) is 20.2 Å². The Kier molecular flexibility index (Phi) is 12.8. The third-order valence-electron chi connectivity index (χ3n) is 4.44. The van der Waals surface area contributed by atoms with E-state index in [9.17, 15) is 20.2 Å². The molecule has 0 radical (unpaired) electrons. The number of hydrogen-bond acceptors (Lipinski definition) is 8. The number of ether oxygens (including phenoxy) is 2. The molecule has 10 heteroatoms. The van der Waals surface area contributed by atoms with Gasteiger partial charge < -0.3 is 9.47 Å². The van der Waals surface area contributed by atoms with Gasteiger partial charge >= 0.3 is 0 Å². The summed E-state index contributed by atoms with van der Waals surface area (Å²) in [6, 6.07) is 18.9. The Hall–Kier alpha value is -2.14. The first-order chi connectivity index (χ1) is 15.6. The first kappa shape index (κ1) is 26.1. The molecule has 174 valence electrons. The quantitative estimate of drug-likeness (QED) is 0.185. The number of nitro groups is 2. The van der Waals surface area contributed by atoms with E-state index in [2.05, 4.69) is 0 Å². The highest BCUT2D eigenvalue weighted by Gasteiger charge is 2.18. The summed E-state index contributed by atoms with van der Waals surface area (Å²) < 4.78 is 11.1. The molecule has 8 nitrogen and oxygen atoms in total. The van der Waals surface area contributed by atoms with Crippen LogP contribution in [-0.2, 0) is 9.47 Å². The lowest BCUT2D eigenvalue weighted by molar-refractivity contribution is -0.479. The van der Waals surface area contributed by atoms with Gasteiger partial charge in [0.15, 0.2) is 0 Å². The van der Waals surface area contributed by atoms with Crippen molar-refractivity contribution in [3.05, 3.63) is 92.0 Å². The van der Waals surface area contributed by atoms with Crippen molar-refractivity contribution in [2.75, 3.05) is 51.0 Å². The summed E-state index contributed by atoms with van der Waals surface area (Å²) in [5, 5.41) is 21.5. The molecule has 0 aromatic heterocycles. The second-order valence-electron chi connectivity index (χ2n) is 6.80. The van der Waals surface area contributed by atoms with Crippen LogP contribution in [0.2, 0.25) is 0 Å². The molecule has 0 spiro atoms. The predicted octanol–water partition coefficient (Wildman–Crippen LogP) is 4.52. The molecule has 0 aliphatic carbocycles. The molecular formula is C22H28N2O6S2. The van der Waals surface area contributed by atoms with E-state index < -0.39 is 0 Å². The fourth-order valence-electron chi connectivity index (χ4n) is 2.94. The first-order valence-electron chi connectivity index (χ1n) is 10.3. The summed E-state index contributed by atoms with van der Waals surface area (Å²) in [4.78, 5) is 21.3. The van der Waals surface area contributed by atoms with Crippen molar-refractivity contribution in [3.8, 4) is 0 Å². The summed E-state index contributed by atoms with van der Waals surface area (Å²) in [6.45, 7) is 1.62. The molecule has 2 atom stereocenters. The number of rotatable bonds is 17. The fourth-order valence-corrected chi connectivity index (χ4v) is 5.09. The van der Waals surface area contributed by atoms with Gasteiger partial charge in [-0.1, -0.05) is 60.7 Å². The van der Waals surface area contributed by atoms with Gasteiger partial charge in [-0.2, -0.15) is 0 Å². The molecule has 32 heavy (non-hydrogen) atoms. The summed E-state index contributed by atoms with van der Waals surface area (Å²) >= 11 is 3.03. The lowest BCUT2D eigenvalue weighted by atomic mass is 10.1. The lowest BCUT2D eigenvalue weighted by Gasteiger charge is -2.14. The van der Waals surface area contributed by atoms with Crippen molar-refractivity contribution >= 4 is 23.5 Å². The summed E-state index contributed by atoms with van der Waals surface area (Å²) in [6.07, 6.45) is 0. The Labute approximate surface area is 196 Å². The number of benzene rings is 2. The van der Waals surface area contributed by atoms with Gasteiger partial charge in [-0.15, -0.1) is 23.5 Å². The molecule has 0 amide bonds. The van der Waals surface area contributed by atoms with Crippen LogP contribution in [0.15, 0.2) is 60.7 Å². The summed E-state index contributed by atoms with van der Waals surface area (Å²) in [7, 11) is 0. The van der Waals surface area contributed by atoms with Crippen molar-refractivity contribution in [2.24, 2.45) is 0 Å². The van der Waals surface area contributed by atoms with Crippen LogP contribution < -0.4 is 0 Å². The van der Waals surface area contributed by atoms with Gasteiger partial charge in [-0.25, -0.2) is 0 Å². The zero-order valence-electron chi connectivity index (χ0n) is 17.7. The molecule has 0 aliphatic rings. The highest BCUT2D eigenvalue weighted by molar-refractivity contribution is 7.99. The van der Waals surface area contributed by atoms with Gasteiger partial charge in [-0.3, -0.25) is 20.2 Å². The zero-order chi connectivity index (χ0) is 23.0. The molecular weight excluding hydrogens is 452 g/mol. The monoisotopic (exact) mass is 480 g/mol. The van der Waals surface area contributed by atoms with E-state index in [1.165, 1.54) is 23.5 Å². The van der Waals surface area contributed by atoms with Crippen LogP contribution in [0.5, 0.6) is 0 Å². The number of thioether (sulfide) groups is 2. The molecule has 0 saturated carbocycles. The van der Waals surface area contributed by atoms with E-state index in [1.807, 2.05) is 60.7 Å². The van der Waals surface area contributed by atoms with Gasteiger partial charge in [0.2, 0.25) is 13.1 Å². The number of hydrogen-bond donors (Lipinski definition) is 0. The molecule has 2 unspecified atom stereocenters. The van der Waals surface area contributed by atoms with Crippen molar-refractivity contribution in [2.45, 2.75) is 10.5 Å². The van der Waals surface area contributed by atoms with Crippen LogP contribution in [0.1, 0.15) is 21.6 Å². The fraction of sp³-hybridized carbons (Fsp3) is 0.455. The molecule has 2 aromatic carbocycles. The van der Waals surface area contributed by atoms with Crippen LogP contribution >= 0.6 is 23.5 Å². The van der Waals surface area contributed by atoms with Crippen molar-refractivity contribution in [1.82, 2.24) is 0 Å². The van der Waals surface area contributed by atoms with E-state index >= 15 is 0 Å². The molecule has 0 heterocycles. The van der Waals surface area contributed by atoms with E-state index in [4.69, 9.17) is 9.47 Å². The van der Waals surface area contributed by atoms with Crippen molar-refractivity contribution < 1.29 is 19.3 Å². The Morgan fingerprint density at radius 1 is 0.656 bits per heavy atom. The van der Waals surface area contributed by atoms with E-state index in [0.717, 1.165) is 11.1 Å². The predicted molar refractivity (Wildman–Crippen MR) is 129 cm³/mol. The van der Waals surface area contributed by atoms with Crippen molar-refractivity contribution in [1.29, 1.82) is 0 Å². The van der Waals surface area contributed by atoms with E-state index in [-0.39, 0.29) is 33.4 Å². The maximum atomic E-state index is 10.9. The van der Waals surface area contributed by atoms with E-state index in [0.29, 0.717) is 37.9 Å². The molecule has 0 N–H and O–H groups in total. The largest absolute Gasteiger partial charge is 0.378 e. The highest BCUT2D eigenvalue weighted by atomic mass is 32.2. The van der Waals surface area contributed by atoms with Crippen molar-refractivity contribution in [3.63, 3.8) is 0 Å². The molecule has 0 fully saturated rings. The minimum atomic E-state index is -0.286. The second kappa shape index (κ2) is 15.6. The van der Waals surface area contributed by atoms with Gasteiger partial charge in [0.1, 0.15) is 0 Å². The Bertz CT molecular complexity index is 730. The Balaban J connectivity index is 1.56. The maximum Gasteiger partial charge on any atom is 0.219 e. The molecule has 2 aromatic rings. The minimum absolute atomic E-state index is 0.115. The maximum absolute atomic E-state index is 10.9. The third kappa shape index (κ3) is 10.9. The minimum Gasteiger partial charge on any atom is -0.378 e. The van der Waals surface area contributed by atoms with Gasteiger partial charge in [0, 0.05) is 21.4 Å². The van der Waals surface area contributed by atoms with Gasteiger partial charge in [0.25, 0.3) is 0 Å². The smallest absolute Gasteiger partial charge is 0.219 e. The summed E-state index contributed by atoms with van der Waals surface area (Å²) in [5.74, 6) is 1.31. The van der Waals surface area contributed by atoms with Gasteiger partial charge in [-0.05, 0) is 11.1 Å². The van der Waals surface area contributed by atoms with Gasteiger partial charge in [0.05, 0.1) is 36.9 Å². The third-order valence-corrected chi connectivity index (χ3v) is 6.89. The number of nitrogens with zero attached hydrogens (tertiary/aromatic N) is 2. The second-order valence-corrected chi connectivity index (χ2v) is 9.42. The van der Waals surface area contributed by atoms with Crippen LogP contribution in [0.25, 0.3) is 0 Å². The highest BCUT2D eigenvalue weighted by Crippen LogP contribution is 2.29. The van der Waals surface area contributed by atoms with Crippen LogP contribution in [0.4, 0.5) is 0 Å². The molecule has 0 aliphatic heterocycles. The summed E-state index contributed by atoms with van der Waals surface area (Å²) in [5.41, 5.74) is 1.89. The molecule has 2 rings (SSSR count). The lowest BCUT2D eigenvalue weighted by Crippen LogP contribution is -2.13. The van der Waals surface area contributed by atoms with E-state index in [1.54, 1.807) is 0 Å². The topological polar surface area (TPSA) is 105 Å². The SMILES string of the molecule is O=[N+]([O-])CC(SCCOCCOCCSC(C[N+](=O)[O-])c1ccccc1)c1ccccc1. The molecule has 0 bridgehead atoms. The standard InChI is InChI=1S/C22H28N2O6S2/c25-23(26)17-21(19-7-3-1-4-8-19)31-15-13-29-11-12-30-14-16-32-22(18-24(27)28)20-9-5-2-6-10-20/h1-10,21-22H,11-18H2. The zero-order valence-corrected chi connectivity index (χ0v) is 19.4. The van der Waals surface area contributed by atoms with Crippen LogP contribution in [-0.4, -0.2) is 60.9 Å². The van der Waals surface area contributed by atoms with Crippen LogP contribution in [0.3, 0.4) is 0 Å².